The summed E-state index contributed by atoms with van der Waals surface area (Å²) in [7, 11) is -3.78. The second-order valence-corrected chi connectivity index (χ2v) is 7.12. The van der Waals surface area contributed by atoms with Crippen molar-refractivity contribution in [1.82, 2.24) is 4.72 Å². The summed E-state index contributed by atoms with van der Waals surface area (Å²) in [6.45, 7) is 3.36. The summed E-state index contributed by atoms with van der Waals surface area (Å²) in [5, 5.41) is 18.3. The Kier molecular flexibility index (Phi) is 5.48. The van der Waals surface area contributed by atoms with Crippen molar-refractivity contribution in [1.29, 1.82) is 0 Å². The number of aliphatic hydroxyl groups excluding tert-OH is 1. The Hall–Kier alpha value is -0.960. The normalized spacial score (nSPS) is 13.4. The average Bonchev–Trinajstić information content (AvgIpc) is 2.70. The second kappa shape index (κ2) is 6.47. The lowest BCUT2D eigenvalue weighted by molar-refractivity contribution is 0.0702. The molecule has 1 rings (SSSR count). The topological polar surface area (TPSA) is 104 Å². The molecular formula is C11H17NO5S2. The lowest BCUT2D eigenvalue weighted by Crippen LogP contribution is -2.32. The molecule has 1 aromatic heterocycles. The number of aliphatic hydroxyl groups is 1. The molecule has 19 heavy (non-hydrogen) atoms. The highest BCUT2D eigenvalue weighted by Crippen LogP contribution is 2.25. The van der Waals surface area contributed by atoms with Crippen molar-refractivity contribution in [3.8, 4) is 0 Å². The van der Waals surface area contributed by atoms with Gasteiger partial charge in [0, 0.05) is 11.4 Å². The Labute approximate surface area is 116 Å². The fourth-order valence-electron chi connectivity index (χ4n) is 1.56. The number of carboxylic acids is 1. The van der Waals surface area contributed by atoms with Crippen LogP contribution in [0.4, 0.5) is 0 Å². The van der Waals surface area contributed by atoms with Crippen LogP contribution in [0.3, 0.4) is 0 Å². The Bertz CT molecular complexity index is 549. The highest BCUT2D eigenvalue weighted by molar-refractivity contribution is 7.89. The molecule has 0 amide bonds. The first-order chi connectivity index (χ1) is 8.77. The van der Waals surface area contributed by atoms with E-state index in [0.29, 0.717) is 11.3 Å². The number of aryl methyl sites for hydroxylation is 1. The molecule has 0 aliphatic rings. The molecule has 0 aromatic carbocycles. The van der Waals surface area contributed by atoms with E-state index in [1.54, 1.807) is 6.92 Å². The number of thiophene rings is 1. The van der Waals surface area contributed by atoms with Crippen molar-refractivity contribution in [2.45, 2.75) is 37.7 Å². The minimum absolute atomic E-state index is 0.0213. The molecule has 108 valence electrons. The first-order valence-electron chi connectivity index (χ1n) is 5.79. The smallest absolute Gasteiger partial charge is 0.345 e. The van der Waals surface area contributed by atoms with E-state index in [-0.39, 0.29) is 16.3 Å². The van der Waals surface area contributed by atoms with Crippen molar-refractivity contribution in [2.75, 3.05) is 6.54 Å². The van der Waals surface area contributed by atoms with Crippen LogP contribution in [-0.4, -0.2) is 37.2 Å². The molecule has 0 bridgehead atoms. The van der Waals surface area contributed by atoms with Crippen LogP contribution in [0.1, 0.15) is 34.3 Å². The minimum Gasteiger partial charge on any atom is -0.477 e. The standard InChI is InChI=1S/C11H17NO5S2/c1-3-4-8(13)6-12-19(16,17)10-5-9(11(14)15)18-7(10)2/h5,8,12-13H,3-4,6H2,1-2H3,(H,14,15). The lowest BCUT2D eigenvalue weighted by atomic mass is 10.2. The monoisotopic (exact) mass is 307 g/mol. The molecule has 1 heterocycles. The summed E-state index contributed by atoms with van der Waals surface area (Å²) in [5.74, 6) is -1.15. The summed E-state index contributed by atoms with van der Waals surface area (Å²) in [6, 6.07) is 1.14. The highest BCUT2D eigenvalue weighted by atomic mass is 32.2. The fraction of sp³-hybridized carbons (Fsp3) is 0.545. The van der Waals surface area contributed by atoms with Gasteiger partial charge in [0.05, 0.1) is 11.0 Å². The van der Waals surface area contributed by atoms with Gasteiger partial charge in [0.1, 0.15) is 4.88 Å². The Balaban J connectivity index is 2.86. The first-order valence-corrected chi connectivity index (χ1v) is 8.09. The van der Waals surface area contributed by atoms with E-state index >= 15 is 0 Å². The Morgan fingerprint density at radius 2 is 2.16 bits per heavy atom. The Morgan fingerprint density at radius 1 is 1.53 bits per heavy atom. The van der Waals surface area contributed by atoms with E-state index in [4.69, 9.17) is 5.11 Å². The van der Waals surface area contributed by atoms with Crippen LogP contribution >= 0.6 is 11.3 Å². The lowest BCUT2D eigenvalue weighted by Gasteiger charge is -2.10. The zero-order chi connectivity index (χ0) is 14.6. The molecule has 3 N–H and O–H groups in total. The molecule has 1 unspecified atom stereocenters. The third-order valence-corrected chi connectivity index (χ3v) is 5.22. The minimum atomic E-state index is -3.78. The van der Waals surface area contributed by atoms with Crippen LogP contribution in [-0.2, 0) is 10.0 Å². The first kappa shape index (κ1) is 16.1. The number of sulfonamides is 1. The number of carboxylic acid groups (broad SMARTS) is 1. The molecule has 0 saturated carbocycles. The molecule has 0 aliphatic carbocycles. The number of rotatable bonds is 7. The maximum Gasteiger partial charge on any atom is 0.345 e. The van der Waals surface area contributed by atoms with E-state index in [2.05, 4.69) is 4.72 Å². The summed E-state index contributed by atoms with van der Waals surface area (Å²) in [6.07, 6.45) is 0.521. The molecular weight excluding hydrogens is 290 g/mol. The molecule has 0 aliphatic heterocycles. The second-order valence-electron chi connectivity index (χ2n) is 4.13. The number of hydrogen-bond donors (Lipinski definition) is 3. The molecule has 6 nitrogen and oxygen atoms in total. The van der Waals surface area contributed by atoms with Gasteiger partial charge >= 0.3 is 5.97 Å². The number of carbonyl (C=O) groups is 1. The molecule has 8 heteroatoms. The van der Waals surface area contributed by atoms with Gasteiger partial charge in [0.15, 0.2) is 0 Å². The van der Waals surface area contributed by atoms with Crippen molar-refractivity contribution >= 4 is 27.3 Å². The van der Waals surface area contributed by atoms with E-state index in [0.717, 1.165) is 23.8 Å². The molecule has 0 saturated heterocycles. The van der Waals surface area contributed by atoms with Crippen LogP contribution in [0.5, 0.6) is 0 Å². The van der Waals surface area contributed by atoms with Gasteiger partial charge in [-0.15, -0.1) is 11.3 Å². The van der Waals surface area contributed by atoms with Crippen LogP contribution in [0.25, 0.3) is 0 Å². The molecule has 1 atom stereocenters. The quantitative estimate of drug-likeness (QED) is 0.702. The fourth-order valence-corrected chi connectivity index (χ4v) is 4.06. The predicted molar refractivity (Wildman–Crippen MR) is 72.1 cm³/mol. The summed E-state index contributed by atoms with van der Waals surface area (Å²) >= 11 is 0.913. The number of hydrogen-bond acceptors (Lipinski definition) is 5. The van der Waals surface area contributed by atoms with E-state index in [1.807, 2.05) is 6.92 Å². The van der Waals surface area contributed by atoms with Crippen molar-refractivity contribution in [3.05, 3.63) is 15.8 Å². The number of aromatic carboxylic acids is 1. The third-order valence-electron chi connectivity index (χ3n) is 2.50. The van der Waals surface area contributed by atoms with Crippen molar-refractivity contribution in [3.63, 3.8) is 0 Å². The zero-order valence-corrected chi connectivity index (χ0v) is 12.3. The van der Waals surface area contributed by atoms with Crippen LogP contribution in [0, 0.1) is 6.92 Å². The summed E-state index contributed by atoms with van der Waals surface area (Å²) < 4.78 is 26.3. The molecule has 1 aromatic rings. The summed E-state index contributed by atoms with van der Waals surface area (Å²) in [5.41, 5.74) is 0. The zero-order valence-electron chi connectivity index (χ0n) is 10.7. The van der Waals surface area contributed by atoms with Gasteiger partial charge in [-0.1, -0.05) is 13.3 Å². The van der Waals surface area contributed by atoms with Crippen LogP contribution in [0.2, 0.25) is 0 Å². The van der Waals surface area contributed by atoms with E-state index in [1.165, 1.54) is 0 Å². The van der Waals surface area contributed by atoms with E-state index in [9.17, 15) is 18.3 Å². The van der Waals surface area contributed by atoms with E-state index < -0.39 is 22.1 Å². The SMILES string of the molecule is CCCC(O)CNS(=O)(=O)c1cc(C(=O)O)sc1C. The molecule has 0 radical (unpaired) electrons. The molecule has 0 spiro atoms. The largest absolute Gasteiger partial charge is 0.477 e. The van der Waals surface area contributed by atoms with Gasteiger partial charge < -0.3 is 10.2 Å². The van der Waals surface area contributed by atoms with Crippen molar-refractivity contribution < 1.29 is 23.4 Å². The van der Waals surface area contributed by atoms with Gasteiger partial charge in [0.25, 0.3) is 0 Å². The third kappa shape index (κ3) is 4.27. The number of nitrogens with one attached hydrogen (secondary N) is 1. The molecule has 0 fully saturated rings. The van der Waals surface area contributed by atoms with Gasteiger partial charge in [0.2, 0.25) is 10.0 Å². The average molecular weight is 307 g/mol. The van der Waals surface area contributed by atoms with Gasteiger partial charge in [-0.25, -0.2) is 17.9 Å². The maximum atomic E-state index is 12.0. The van der Waals surface area contributed by atoms with Gasteiger partial charge in [-0.05, 0) is 19.4 Å². The van der Waals surface area contributed by atoms with Crippen LogP contribution < -0.4 is 4.72 Å². The van der Waals surface area contributed by atoms with Crippen LogP contribution in [0.15, 0.2) is 11.0 Å². The van der Waals surface area contributed by atoms with Crippen molar-refractivity contribution in [2.24, 2.45) is 0 Å². The predicted octanol–water partition coefficient (Wildman–Crippen LogP) is 1.19. The maximum absolute atomic E-state index is 12.0. The Morgan fingerprint density at radius 3 is 2.63 bits per heavy atom. The summed E-state index contributed by atoms with van der Waals surface area (Å²) in [4.78, 5) is 11.1. The highest BCUT2D eigenvalue weighted by Gasteiger charge is 2.22. The van der Waals surface area contributed by atoms with Gasteiger partial charge in [-0.2, -0.15) is 0 Å². The van der Waals surface area contributed by atoms with Gasteiger partial charge in [-0.3, -0.25) is 0 Å².